The zero-order valence-electron chi connectivity index (χ0n) is 12.0. The molecule has 0 spiro atoms. The second-order valence-electron chi connectivity index (χ2n) is 5.25. The second-order valence-corrected chi connectivity index (χ2v) is 9.37. The third kappa shape index (κ3) is 3.47. The molecule has 1 aliphatic rings. The molecule has 1 saturated heterocycles. The average molecular weight is 353 g/mol. The van der Waals surface area contributed by atoms with Gasteiger partial charge >= 0.3 is 0 Å². The SMILES string of the molecule is CCCN(C1CCS(=O)(=O)C1)S(=O)(=O)c1ccc(F)c(F)c1. The van der Waals surface area contributed by atoms with E-state index in [1.807, 2.05) is 0 Å². The van der Waals surface area contributed by atoms with Gasteiger partial charge in [0.15, 0.2) is 21.5 Å². The van der Waals surface area contributed by atoms with Gasteiger partial charge in [-0.3, -0.25) is 0 Å². The first kappa shape index (κ1) is 17.3. The zero-order chi connectivity index (χ0) is 16.5. The van der Waals surface area contributed by atoms with E-state index >= 15 is 0 Å². The van der Waals surface area contributed by atoms with E-state index in [-0.39, 0.29) is 29.4 Å². The Hall–Kier alpha value is -1.06. The summed E-state index contributed by atoms with van der Waals surface area (Å²) in [5.41, 5.74) is 0. The molecule has 1 atom stereocenters. The van der Waals surface area contributed by atoms with Crippen LogP contribution in [-0.2, 0) is 19.9 Å². The molecular weight excluding hydrogens is 336 g/mol. The van der Waals surface area contributed by atoms with Crippen molar-refractivity contribution in [2.75, 3.05) is 18.1 Å². The number of hydrogen-bond acceptors (Lipinski definition) is 4. The summed E-state index contributed by atoms with van der Waals surface area (Å²) in [6, 6.07) is 1.69. The van der Waals surface area contributed by atoms with Crippen LogP contribution in [0.4, 0.5) is 8.78 Å². The Balaban J connectivity index is 2.40. The van der Waals surface area contributed by atoms with Gasteiger partial charge in [-0.15, -0.1) is 0 Å². The largest absolute Gasteiger partial charge is 0.243 e. The molecule has 2 rings (SSSR count). The van der Waals surface area contributed by atoms with Crippen LogP contribution in [0.25, 0.3) is 0 Å². The Kier molecular flexibility index (Phi) is 4.88. The first-order chi connectivity index (χ1) is 10.2. The highest BCUT2D eigenvalue weighted by molar-refractivity contribution is 7.92. The molecule has 0 saturated carbocycles. The van der Waals surface area contributed by atoms with Crippen LogP contribution in [0.2, 0.25) is 0 Å². The Morgan fingerprint density at radius 2 is 1.95 bits per heavy atom. The van der Waals surface area contributed by atoms with Crippen molar-refractivity contribution in [1.82, 2.24) is 4.31 Å². The Labute approximate surface area is 128 Å². The van der Waals surface area contributed by atoms with Crippen LogP contribution in [0, 0.1) is 11.6 Å². The van der Waals surface area contributed by atoms with E-state index in [2.05, 4.69) is 0 Å². The highest BCUT2D eigenvalue weighted by atomic mass is 32.2. The molecule has 9 heteroatoms. The molecular formula is C13H17F2NO4S2. The maximum Gasteiger partial charge on any atom is 0.243 e. The number of sulfone groups is 1. The summed E-state index contributed by atoms with van der Waals surface area (Å²) in [5.74, 6) is -2.69. The predicted molar refractivity (Wildman–Crippen MR) is 77.6 cm³/mol. The van der Waals surface area contributed by atoms with E-state index in [0.717, 1.165) is 16.4 Å². The summed E-state index contributed by atoms with van der Waals surface area (Å²) >= 11 is 0. The van der Waals surface area contributed by atoms with Crippen molar-refractivity contribution in [1.29, 1.82) is 0 Å². The molecule has 1 aromatic carbocycles. The number of rotatable bonds is 5. The van der Waals surface area contributed by atoms with Gasteiger partial charge in [0.2, 0.25) is 10.0 Å². The van der Waals surface area contributed by atoms with Crippen molar-refractivity contribution >= 4 is 19.9 Å². The van der Waals surface area contributed by atoms with E-state index < -0.39 is 37.5 Å². The molecule has 0 N–H and O–H groups in total. The Morgan fingerprint density at radius 3 is 2.45 bits per heavy atom. The minimum atomic E-state index is -4.07. The third-order valence-electron chi connectivity index (χ3n) is 3.56. The molecule has 1 unspecified atom stereocenters. The standard InChI is InChI=1S/C13H17F2NO4S2/c1-2-6-16(10-5-7-21(17,18)9-10)22(19,20)11-3-4-12(14)13(15)8-11/h3-4,8,10H,2,5-7,9H2,1H3. The summed E-state index contributed by atoms with van der Waals surface area (Å²) in [4.78, 5) is -0.371. The van der Waals surface area contributed by atoms with Crippen molar-refractivity contribution in [2.24, 2.45) is 0 Å². The molecule has 1 aliphatic heterocycles. The monoisotopic (exact) mass is 353 g/mol. The summed E-state index contributed by atoms with van der Waals surface area (Å²) in [7, 11) is -7.33. The fourth-order valence-corrected chi connectivity index (χ4v) is 6.08. The molecule has 0 aliphatic carbocycles. The minimum absolute atomic E-state index is 0.0643. The van der Waals surface area contributed by atoms with Crippen LogP contribution < -0.4 is 0 Å². The quantitative estimate of drug-likeness (QED) is 0.805. The summed E-state index contributed by atoms with van der Waals surface area (Å²) in [6.07, 6.45) is 0.699. The van der Waals surface area contributed by atoms with E-state index in [9.17, 15) is 25.6 Å². The molecule has 22 heavy (non-hydrogen) atoms. The lowest BCUT2D eigenvalue weighted by Crippen LogP contribution is -2.41. The van der Waals surface area contributed by atoms with Crippen LogP contribution in [0.15, 0.2) is 23.1 Å². The Morgan fingerprint density at radius 1 is 1.27 bits per heavy atom. The normalized spacial score (nSPS) is 21.4. The van der Waals surface area contributed by atoms with Crippen molar-refractivity contribution in [3.05, 3.63) is 29.8 Å². The number of halogens is 2. The minimum Gasteiger partial charge on any atom is -0.229 e. The first-order valence-corrected chi connectivity index (χ1v) is 10.1. The van der Waals surface area contributed by atoms with Gasteiger partial charge in [-0.25, -0.2) is 25.6 Å². The van der Waals surface area contributed by atoms with Gasteiger partial charge in [-0.05, 0) is 31.0 Å². The highest BCUT2D eigenvalue weighted by Crippen LogP contribution is 2.26. The van der Waals surface area contributed by atoms with Gasteiger partial charge in [-0.2, -0.15) is 4.31 Å². The smallest absolute Gasteiger partial charge is 0.229 e. The van der Waals surface area contributed by atoms with Gasteiger partial charge in [0.25, 0.3) is 0 Å². The summed E-state index contributed by atoms with van der Waals surface area (Å²) in [6.45, 7) is 1.89. The molecule has 124 valence electrons. The molecule has 5 nitrogen and oxygen atoms in total. The second kappa shape index (κ2) is 6.21. The number of benzene rings is 1. The molecule has 1 heterocycles. The lowest BCUT2D eigenvalue weighted by molar-refractivity contribution is 0.340. The predicted octanol–water partition coefficient (Wildman–Crippen LogP) is 1.55. The van der Waals surface area contributed by atoms with Crippen molar-refractivity contribution in [3.8, 4) is 0 Å². The number of nitrogens with zero attached hydrogens (tertiary/aromatic N) is 1. The van der Waals surface area contributed by atoms with Gasteiger partial charge in [0.1, 0.15) is 0 Å². The van der Waals surface area contributed by atoms with Crippen molar-refractivity contribution < 1.29 is 25.6 Å². The molecule has 0 bridgehead atoms. The maximum atomic E-state index is 13.3. The van der Waals surface area contributed by atoms with E-state index in [1.54, 1.807) is 6.92 Å². The third-order valence-corrected chi connectivity index (χ3v) is 7.26. The Bertz CT molecular complexity index is 762. The molecule has 0 amide bonds. The molecule has 0 aromatic heterocycles. The lowest BCUT2D eigenvalue weighted by atomic mass is 10.2. The van der Waals surface area contributed by atoms with Crippen LogP contribution in [-0.4, -0.2) is 45.2 Å². The van der Waals surface area contributed by atoms with Gasteiger partial charge in [0.05, 0.1) is 16.4 Å². The van der Waals surface area contributed by atoms with Crippen LogP contribution in [0.1, 0.15) is 19.8 Å². The van der Waals surface area contributed by atoms with E-state index in [1.165, 1.54) is 0 Å². The average Bonchev–Trinajstić information content (AvgIpc) is 2.78. The summed E-state index contributed by atoms with van der Waals surface area (Å²) in [5, 5.41) is 0. The first-order valence-electron chi connectivity index (χ1n) is 6.84. The van der Waals surface area contributed by atoms with Crippen molar-refractivity contribution in [3.63, 3.8) is 0 Å². The summed E-state index contributed by atoms with van der Waals surface area (Å²) < 4.78 is 75.8. The van der Waals surface area contributed by atoms with Crippen molar-refractivity contribution in [2.45, 2.75) is 30.7 Å². The van der Waals surface area contributed by atoms with Gasteiger partial charge < -0.3 is 0 Å². The van der Waals surface area contributed by atoms with Crippen LogP contribution in [0.5, 0.6) is 0 Å². The van der Waals surface area contributed by atoms with Crippen LogP contribution in [0.3, 0.4) is 0 Å². The van der Waals surface area contributed by atoms with Gasteiger partial charge in [0, 0.05) is 12.6 Å². The highest BCUT2D eigenvalue weighted by Gasteiger charge is 2.38. The van der Waals surface area contributed by atoms with E-state index in [4.69, 9.17) is 0 Å². The van der Waals surface area contributed by atoms with Gasteiger partial charge in [-0.1, -0.05) is 6.92 Å². The molecule has 0 radical (unpaired) electrons. The number of sulfonamides is 1. The fourth-order valence-electron chi connectivity index (χ4n) is 2.49. The fraction of sp³-hybridized carbons (Fsp3) is 0.538. The van der Waals surface area contributed by atoms with Crippen LogP contribution >= 0.6 is 0 Å². The maximum absolute atomic E-state index is 13.3. The number of hydrogen-bond donors (Lipinski definition) is 0. The molecule has 1 fully saturated rings. The molecule has 1 aromatic rings. The zero-order valence-corrected chi connectivity index (χ0v) is 13.6. The van der Waals surface area contributed by atoms with E-state index in [0.29, 0.717) is 12.5 Å². The lowest BCUT2D eigenvalue weighted by Gasteiger charge is -2.27. The topological polar surface area (TPSA) is 71.5 Å².